The lowest BCUT2D eigenvalue weighted by Gasteiger charge is -2.04. The molecule has 2 aromatic carbocycles. The molecular weight excluding hydrogens is 198 g/mol. The maximum atomic E-state index is 4.04. The molecule has 0 aliphatic rings. The highest BCUT2D eigenvalue weighted by Gasteiger charge is 2.03. The van der Waals surface area contributed by atoms with Crippen LogP contribution in [0.3, 0.4) is 0 Å². The van der Waals surface area contributed by atoms with Gasteiger partial charge in [0.05, 0.1) is 11.9 Å². The van der Waals surface area contributed by atoms with Crippen LogP contribution in [0.2, 0.25) is 0 Å². The van der Waals surface area contributed by atoms with Gasteiger partial charge >= 0.3 is 0 Å². The van der Waals surface area contributed by atoms with Crippen molar-refractivity contribution in [1.29, 1.82) is 0 Å². The molecule has 0 N–H and O–H groups in total. The molecule has 3 heteroatoms. The monoisotopic (exact) mass is 207 g/mol. The number of fused-ring (bicyclic) bond motifs is 1. The van der Waals surface area contributed by atoms with Crippen molar-refractivity contribution in [1.82, 2.24) is 15.4 Å². The lowest BCUT2D eigenvalue weighted by atomic mass is 10.0. The summed E-state index contributed by atoms with van der Waals surface area (Å²) in [4.78, 5) is 0. The van der Waals surface area contributed by atoms with Crippen molar-refractivity contribution in [2.45, 2.75) is 0 Å². The summed E-state index contributed by atoms with van der Waals surface area (Å²) >= 11 is 0. The van der Waals surface area contributed by atoms with Crippen LogP contribution in [0.5, 0.6) is 0 Å². The van der Waals surface area contributed by atoms with Gasteiger partial charge in [-0.2, -0.15) is 0 Å². The summed E-state index contributed by atoms with van der Waals surface area (Å²) in [7, 11) is 0. The van der Waals surface area contributed by atoms with Gasteiger partial charge in [0.1, 0.15) is 0 Å². The van der Waals surface area contributed by atoms with Gasteiger partial charge in [0, 0.05) is 5.56 Å². The zero-order valence-corrected chi connectivity index (χ0v) is 8.54. The van der Waals surface area contributed by atoms with E-state index >= 15 is 0 Å². The zero-order chi connectivity index (χ0) is 10.8. The van der Waals surface area contributed by atoms with E-state index in [1.807, 2.05) is 30.3 Å². The van der Waals surface area contributed by atoms with Crippen molar-refractivity contribution >= 4 is 10.8 Å². The van der Waals surface area contributed by atoms with Crippen LogP contribution in [0, 0.1) is 0 Å². The summed E-state index contributed by atoms with van der Waals surface area (Å²) in [6.07, 6.45) is 1.66. The van der Waals surface area contributed by atoms with Gasteiger partial charge in [-0.3, -0.25) is 0 Å². The molecule has 0 saturated carbocycles. The average Bonchev–Trinajstić information content (AvgIpc) is 2.39. The number of hydrogen-bond acceptors (Lipinski definition) is 3. The molecule has 0 spiro atoms. The predicted molar refractivity (Wildman–Crippen MR) is 62.8 cm³/mol. The second-order valence-electron chi connectivity index (χ2n) is 3.53. The van der Waals surface area contributed by atoms with E-state index in [-0.39, 0.29) is 0 Å². The third kappa shape index (κ3) is 1.42. The van der Waals surface area contributed by atoms with Crippen molar-refractivity contribution in [2.75, 3.05) is 0 Å². The van der Waals surface area contributed by atoms with Crippen LogP contribution in [0.15, 0.2) is 54.7 Å². The Morgan fingerprint density at radius 2 is 1.69 bits per heavy atom. The molecule has 3 rings (SSSR count). The molecule has 3 aromatic rings. The van der Waals surface area contributed by atoms with Gasteiger partial charge in [-0.05, 0) is 22.1 Å². The molecule has 3 nitrogen and oxygen atoms in total. The topological polar surface area (TPSA) is 38.7 Å². The lowest BCUT2D eigenvalue weighted by Crippen LogP contribution is -1.89. The molecule has 1 heterocycles. The van der Waals surface area contributed by atoms with Crippen molar-refractivity contribution < 1.29 is 0 Å². The first-order valence-electron chi connectivity index (χ1n) is 5.08. The number of rotatable bonds is 1. The van der Waals surface area contributed by atoms with E-state index < -0.39 is 0 Å². The van der Waals surface area contributed by atoms with Gasteiger partial charge in [0.15, 0.2) is 0 Å². The fourth-order valence-electron chi connectivity index (χ4n) is 1.83. The molecule has 0 amide bonds. The van der Waals surface area contributed by atoms with Gasteiger partial charge < -0.3 is 0 Å². The molecule has 0 atom stereocenters. The Hall–Kier alpha value is -2.29. The largest absolute Gasteiger partial charge is 0.139 e. The number of hydrogen-bond donors (Lipinski definition) is 0. The summed E-state index contributed by atoms with van der Waals surface area (Å²) in [5, 5.41) is 13.8. The number of benzene rings is 2. The summed E-state index contributed by atoms with van der Waals surface area (Å²) in [5.74, 6) is 0. The molecule has 0 fully saturated rings. The first-order valence-corrected chi connectivity index (χ1v) is 5.08. The molecule has 1 aromatic heterocycles. The van der Waals surface area contributed by atoms with Crippen LogP contribution < -0.4 is 0 Å². The highest BCUT2D eigenvalue weighted by molar-refractivity contribution is 5.95. The Bertz CT molecular complexity index is 615. The SMILES string of the molecule is c1ccc2c(-c3ccnnn3)cccc2c1. The van der Waals surface area contributed by atoms with Crippen LogP contribution in [-0.4, -0.2) is 15.4 Å². The fourth-order valence-corrected chi connectivity index (χ4v) is 1.83. The second-order valence-corrected chi connectivity index (χ2v) is 3.53. The van der Waals surface area contributed by atoms with Gasteiger partial charge in [0.25, 0.3) is 0 Å². The smallest absolute Gasteiger partial charge is 0.0969 e. The zero-order valence-electron chi connectivity index (χ0n) is 8.54. The van der Waals surface area contributed by atoms with Gasteiger partial charge in [-0.15, -0.1) is 10.2 Å². The molecule has 0 aliphatic heterocycles. The Kier molecular flexibility index (Phi) is 2.07. The average molecular weight is 207 g/mol. The second kappa shape index (κ2) is 3.70. The molecular formula is C13H9N3. The summed E-state index contributed by atoms with van der Waals surface area (Å²) in [6.45, 7) is 0. The van der Waals surface area contributed by atoms with E-state index in [0.717, 1.165) is 11.3 Å². The first kappa shape index (κ1) is 8.97. The maximum Gasteiger partial charge on any atom is 0.0969 e. The summed E-state index contributed by atoms with van der Waals surface area (Å²) in [6, 6.07) is 16.3. The van der Waals surface area contributed by atoms with Crippen LogP contribution in [-0.2, 0) is 0 Å². The first-order chi connectivity index (χ1) is 7.95. The van der Waals surface area contributed by atoms with Crippen LogP contribution in [0.25, 0.3) is 22.0 Å². The van der Waals surface area contributed by atoms with Crippen LogP contribution in [0.1, 0.15) is 0 Å². The molecule has 0 aliphatic carbocycles. The van der Waals surface area contributed by atoms with Crippen molar-refractivity contribution in [3.8, 4) is 11.3 Å². The number of nitrogens with zero attached hydrogens (tertiary/aromatic N) is 3. The van der Waals surface area contributed by atoms with Gasteiger partial charge in [-0.25, -0.2) is 0 Å². The molecule has 0 bridgehead atoms. The standard InChI is InChI=1S/C13H9N3/c1-2-6-11-10(4-1)5-3-7-12(11)13-8-9-14-16-15-13/h1-9H. The Balaban J connectivity index is 2.32. The van der Waals surface area contributed by atoms with E-state index in [2.05, 4.69) is 33.6 Å². The van der Waals surface area contributed by atoms with Crippen molar-refractivity contribution in [2.24, 2.45) is 0 Å². The third-order valence-electron chi connectivity index (χ3n) is 2.57. The minimum absolute atomic E-state index is 0.854. The van der Waals surface area contributed by atoms with Crippen molar-refractivity contribution in [3.63, 3.8) is 0 Å². The molecule has 16 heavy (non-hydrogen) atoms. The van der Waals surface area contributed by atoms with Crippen molar-refractivity contribution in [3.05, 3.63) is 54.7 Å². The Labute approximate surface area is 92.8 Å². The normalized spacial score (nSPS) is 10.5. The predicted octanol–water partition coefficient (Wildman–Crippen LogP) is 2.69. The minimum atomic E-state index is 0.854. The van der Waals surface area contributed by atoms with E-state index in [1.54, 1.807) is 6.20 Å². The molecule has 76 valence electrons. The van der Waals surface area contributed by atoms with E-state index in [1.165, 1.54) is 10.8 Å². The Morgan fingerprint density at radius 3 is 2.56 bits per heavy atom. The quantitative estimate of drug-likeness (QED) is 0.615. The van der Waals surface area contributed by atoms with Crippen LogP contribution >= 0.6 is 0 Å². The molecule has 0 unspecified atom stereocenters. The maximum absolute atomic E-state index is 4.04. The van der Waals surface area contributed by atoms with E-state index in [4.69, 9.17) is 0 Å². The summed E-state index contributed by atoms with van der Waals surface area (Å²) in [5.41, 5.74) is 1.94. The van der Waals surface area contributed by atoms with Gasteiger partial charge in [-0.1, -0.05) is 42.5 Å². The van der Waals surface area contributed by atoms with E-state index in [0.29, 0.717) is 0 Å². The molecule has 0 saturated heterocycles. The van der Waals surface area contributed by atoms with Gasteiger partial charge in [0.2, 0.25) is 0 Å². The highest BCUT2D eigenvalue weighted by Crippen LogP contribution is 2.26. The highest BCUT2D eigenvalue weighted by atomic mass is 15.3. The number of aromatic nitrogens is 3. The lowest BCUT2D eigenvalue weighted by molar-refractivity contribution is 0.871. The summed E-state index contributed by atoms with van der Waals surface area (Å²) < 4.78 is 0. The minimum Gasteiger partial charge on any atom is -0.139 e. The Morgan fingerprint density at radius 1 is 0.812 bits per heavy atom. The van der Waals surface area contributed by atoms with E-state index in [9.17, 15) is 0 Å². The molecule has 0 radical (unpaired) electrons. The fraction of sp³-hybridized carbons (Fsp3) is 0. The van der Waals surface area contributed by atoms with Crippen LogP contribution in [0.4, 0.5) is 0 Å². The third-order valence-corrected chi connectivity index (χ3v) is 2.57.